The van der Waals surface area contributed by atoms with Crippen LogP contribution in [0.2, 0.25) is 0 Å². The number of amides is 1. The first kappa shape index (κ1) is 9.17. The summed E-state index contributed by atoms with van der Waals surface area (Å²) < 4.78 is 0. The molecule has 0 aliphatic carbocycles. The van der Waals surface area contributed by atoms with Crippen LogP contribution in [-0.4, -0.2) is 25.1 Å². The molecule has 1 atom stereocenters. The van der Waals surface area contributed by atoms with Gasteiger partial charge in [-0.3, -0.25) is 9.63 Å². The molecule has 0 fully saturated rings. The highest BCUT2D eigenvalue weighted by Gasteiger charge is 2.12. The summed E-state index contributed by atoms with van der Waals surface area (Å²) in [5.74, 6) is -0.262. The fraction of sp³-hybridized carbons (Fsp3) is 0.571. The van der Waals surface area contributed by atoms with Gasteiger partial charge in [-0.25, -0.2) is 5.06 Å². The van der Waals surface area contributed by atoms with Gasteiger partial charge < -0.3 is 0 Å². The van der Waals surface area contributed by atoms with E-state index in [1.807, 2.05) is 0 Å². The minimum absolute atomic E-state index is 0.0856. The van der Waals surface area contributed by atoms with Crippen molar-refractivity contribution in [3.05, 3.63) is 12.7 Å². The summed E-state index contributed by atoms with van der Waals surface area (Å²) in [4.78, 5) is 15.7. The molecule has 0 bridgehead atoms. The third kappa shape index (κ3) is 2.19. The van der Waals surface area contributed by atoms with Crippen LogP contribution in [-0.2, 0) is 9.63 Å². The Balaban J connectivity index is 3.93. The smallest absolute Gasteiger partial charge is 0.252 e. The molecule has 0 aliphatic heterocycles. The van der Waals surface area contributed by atoms with Crippen LogP contribution in [0.3, 0.4) is 0 Å². The van der Waals surface area contributed by atoms with Crippen molar-refractivity contribution in [1.82, 2.24) is 5.06 Å². The van der Waals surface area contributed by atoms with Crippen molar-refractivity contribution in [3.63, 3.8) is 0 Å². The molecule has 1 amide bonds. The summed E-state index contributed by atoms with van der Waals surface area (Å²) in [7, 11) is 3.02. The van der Waals surface area contributed by atoms with Gasteiger partial charge in [-0.15, -0.1) is 6.58 Å². The Morgan fingerprint density at radius 1 is 1.80 bits per heavy atom. The van der Waals surface area contributed by atoms with E-state index in [4.69, 9.17) is 0 Å². The van der Waals surface area contributed by atoms with Gasteiger partial charge in [0.2, 0.25) is 0 Å². The van der Waals surface area contributed by atoms with Crippen molar-refractivity contribution in [3.8, 4) is 0 Å². The standard InChI is InChI=1S/C7H13NO2/c1-5-6(2)7(9)8(3)10-4/h5-6H,1H2,2-4H3. The first-order valence-electron chi connectivity index (χ1n) is 3.07. The number of rotatable bonds is 3. The monoisotopic (exact) mass is 143 g/mol. The number of carbonyl (C=O) groups is 1. The quantitative estimate of drug-likeness (QED) is 0.432. The molecule has 0 aromatic heterocycles. The molecule has 58 valence electrons. The molecule has 0 aromatic carbocycles. The minimum Gasteiger partial charge on any atom is -0.275 e. The highest BCUT2D eigenvalue weighted by Crippen LogP contribution is 2.00. The Bertz CT molecular complexity index is 134. The zero-order valence-corrected chi connectivity index (χ0v) is 6.63. The molecular formula is C7H13NO2. The number of hydrogen-bond acceptors (Lipinski definition) is 2. The van der Waals surface area contributed by atoms with Gasteiger partial charge in [0.05, 0.1) is 13.0 Å². The molecule has 0 saturated carbocycles. The molecule has 3 heteroatoms. The topological polar surface area (TPSA) is 29.5 Å². The summed E-state index contributed by atoms with van der Waals surface area (Å²) >= 11 is 0. The maximum atomic E-state index is 11.0. The summed E-state index contributed by atoms with van der Waals surface area (Å²) in [6, 6.07) is 0. The largest absolute Gasteiger partial charge is 0.275 e. The van der Waals surface area contributed by atoms with Crippen LogP contribution < -0.4 is 0 Å². The van der Waals surface area contributed by atoms with Crippen LogP contribution in [0.25, 0.3) is 0 Å². The predicted molar refractivity (Wildman–Crippen MR) is 39.1 cm³/mol. The zero-order valence-electron chi connectivity index (χ0n) is 6.63. The van der Waals surface area contributed by atoms with Gasteiger partial charge in [0.25, 0.3) is 5.91 Å². The molecule has 0 saturated heterocycles. The lowest BCUT2D eigenvalue weighted by Gasteiger charge is -2.15. The third-order valence-electron chi connectivity index (χ3n) is 1.33. The van der Waals surface area contributed by atoms with Gasteiger partial charge in [0.1, 0.15) is 0 Å². The Labute approximate surface area is 61.2 Å². The van der Waals surface area contributed by atoms with Gasteiger partial charge >= 0.3 is 0 Å². The van der Waals surface area contributed by atoms with Crippen LogP contribution in [0.15, 0.2) is 12.7 Å². The van der Waals surface area contributed by atoms with Crippen molar-refractivity contribution >= 4 is 5.91 Å². The fourth-order valence-corrected chi connectivity index (χ4v) is 0.478. The average molecular weight is 143 g/mol. The highest BCUT2D eigenvalue weighted by molar-refractivity contribution is 5.78. The van der Waals surface area contributed by atoms with Crippen molar-refractivity contribution in [2.75, 3.05) is 14.2 Å². The van der Waals surface area contributed by atoms with Crippen molar-refractivity contribution in [2.24, 2.45) is 5.92 Å². The van der Waals surface area contributed by atoms with Crippen LogP contribution in [0.1, 0.15) is 6.92 Å². The number of hydroxylamine groups is 2. The molecule has 3 nitrogen and oxygen atoms in total. The van der Waals surface area contributed by atoms with E-state index in [0.29, 0.717) is 0 Å². The fourth-order valence-electron chi connectivity index (χ4n) is 0.478. The summed E-state index contributed by atoms with van der Waals surface area (Å²) in [6.45, 7) is 5.26. The molecule has 0 aliphatic rings. The second kappa shape index (κ2) is 4.06. The first-order valence-corrected chi connectivity index (χ1v) is 3.07. The molecule has 0 rings (SSSR count). The number of carbonyl (C=O) groups excluding carboxylic acids is 1. The van der Waals surface area contributed by atoms with Crippen molar-refractivity contribution in [1.29, 1.82) is 0 Å². The lowest BCUT2D eigenvalue weighted by Crippen LogP contribution is -2.29. The lowest BCUT2D eigenvalue weighted by molar-refractivity contribution is -0.171. The van der Waals surface area contributed by atoms with Crippen LogP contribution >= 0.6 is 0 Å². The molecule has 10 heavy (non-hydrogen) atoms. The van der Waals surface area contributed by atoms with E-state index in [2.05, 4.69) is 11.4 Å². The van der Waals surface area contributed by atoms with Gasteiger partial charge in [-0.2, -0.15) is 0 Å². The Morgan fingerprint density at radius 2 is 2.30 bits per heavy atom. The van der Waals surface area contributed by atoms with E-state index in [1.54, 1.807) is 20.0 Å². The first-order chi connectivity index (χ1) is 4.63. The molecule has 0 spiro atoms. The lowest BCUT2D eigenvalue weighted by atomic mass is 10.2. The van der Waals surface area contributed by atoms with Crippen LogP contribution in [0.5, 0.6) is 0 Å². The normalized spacial score (nSPS) is 12.3. The van der Waals surface area contributed by atoms with Crippen LogP contribution in [0, 0.1) is 5.92 Å². The van der Waals surface area contributed by atoms with Gasteiger partial charge in [0.15, 0.2) is 0 Å². The van der Waals surface area contributed by atoms with E-state index in [-0.39, 0.29) is 11.8 Å². The molecule has 0 aromatic rings. The molecule has 0 heterocycles. The third-order valence-corrected chi connectivity index (χ3v) is 1.33. The Kier molecular flexibility index (Phi) is 3.72. The molecular weight excluding hydrogens is 130 g/mol. The highest BCUT2D eigenvalue weighted by atomic mass is 16.7. The van der Waals surface area contributed by atoms with E-state index >= 15 is 0 Å². The van der Waals surface area contributed by atoms with Gasteiger partial charge in [0, 0.05) is 7.05 Å². The summed E-state index contributed by atoms with van der Waals surface area (Å²) in [6.07, 6.45) is 1.58. The predicted octanol–water partition coefficient (Wildman–Crippen LogP) is 0.828. The van der Waals surface area contributed by atoms with E-state index in [9.17, 15) is 4.79 Å². The SMILES string of the molecule is C=CC(C)C(=O)N(C)OC. The number of hydrogen-bond donors (Lipinski definition) is 0. The maximum absolute atomic E-state index is 11.0. The summed E-state index contributed by atoms with van der Waals surface area (Å²) in [5, 5.41) is 1.19. The zero-order chi connectivity index (χ0) is 8.15. The second-order valence-electron chi connectivity index (χ2n) is 2.04. The molecule has 0 radical (unpaired) electrons. The minimum atomic E-state index is -0.176. The van der Waals surface area contributed by atoms with Crippen molar-refractivity contribution < 1.29 is 9.63 Å². The average Bonchev–Trinajstić information content (AvgIpc) is 2.00. The van der Waals surface area contributed by atoms with Crippen molar-refractivity contribution in [2.45, 2.75) is 6.92 Å². The number of nitrogens with zero attached hydrogens (tertiary/aromatic N) is 1. The van der Waals surface area contributed by atoms with E-state index in [1.165, 1.54) is 12.2 Å². The van der Waals surface area contributed by atoms with Gasteiger partial charge in [-0.1, -0.05) is 13.0 Å². The van der Waals surface area contributed by atoms with Crippen LogP contribution in [0.4, 0.5) is 0 Å². The van der Waals surface area contributed by atoms with E-state index in [0.717, 1.165) is 0 Å². The van der Waals surface area contributed by atoms with E-state index < -0.39 is 0 Å². The maximum Gasteiger partial charge on any atom is 0.252 e. The summed E-state index contributed by atoms with van der Waals surface area (Å²) in [5.41, 5.74) is 0. The Morgan fingerprint density at radius 3 is 2.60 bits per heavy atom. The van der Waals surface area contributed by atoms with Gasteiger partial charge in [-0.05, 0) is 0 Å². The second-order valence-corrected chi connectivity index (χ2v) is 2.04. The Hall–Kier alpha value is -0.830. The molecule has 0 N–H and O–H groups in total. The molecule has 1 unspecified atom stereocenters.